The summed E-state index contributed by atoms with van der Waals surface area (Å²) in [5.41, 5.74) is 8.64. The van der Waals surface area contributed by atoms with Crippen molar-refractivity contribution in [3.05, 3.63) is 51.7 Å². The first-order valence-corrected chi connectivity index (χ1v) is 6.60. The molecule has 0 aliphatic heterocycles. The highest BCUT2D eigenvalue weighted by molar-refractivity contribution is 7.12. The number of nitrogen functional groups attached to an aromatic ring is 1. The second-order valence-electron chi connectivity index (χ2n) is 4.36. The van der Waals surface area contributed by atoms with Crippen LogP contribution in [-0.4, -0.2) is 17.9 Å². The van der Waals surface area contributed by atoms with Gasteiger partial charge in [0.05, 0.1) is 5.69 Å². The highest BCUT2D eigenvalue weighted by Crippen LogP contribution is 2.21. The van der Waals surface area contributed by atoms with Gasteiger partial charge in [-0.05, 0) is 23.9 Å². The molecule has 0 radical (unpaired) electrons. The van der Waals surface area contributed by atoms with E-state index in [1.54, 1.807) is 18.0 Å². The van der Waals surface area contributed by atoms with E-state index < -0.39 is 0 Å². The van der Waals surface area contributed by atoms with Crippen molar-refractivity contribution in [2.45, 2.75) is 13.5 Å². The van der Waals surface area contributed by atoms with Gasteiger partial charge in [-0.1, -0.05) is 29.8 Å². The molecule has 1 heterocycles. The lowest BCUT2D eigenvalue weighted by molar-refractivity contribution is 0.0791. The molecular weight excluding hydrogens is 244 g/mol. The molecule has 94 valence electrons. The van der Waals surface area contributed by atoms with E-state index in [0.29, 0.717) is 17.1 Å². The molecule has 1 amide bonds. The van der Waals surface area contributed by atoms with E-state index >= 15 is 0 Å². The van der Waals surface area contributed by atoms with Crippen molar-refractivity contribution in [3.63, 3.8) is 0 Å². The van der Waals surface area contributed by atoms with Gasteiger partial charge in [0.25, 0.3) is 5.91 Å². The third-order valence-corrected chi connectivity index (χ3v) is 3.66. The zero-order chi connectivity index (χ0) is 13.1. The zero-order valence-electron chi connectivity index (χ0n) is 10.5. The molecule has 0 unspecified atom stereocenters. The van der Waals surface area contributed by atoms with Gasteiger partial charge in [-0.3, -0.25) is 4.79 Å². The Balaban J connectivity index is 2.11. The standard InChI is InChI=1S/C14H16N2OS/c1-10-4-3-5-11(8-10)9-16(2)14(17)13-12(15)6-7-18-13/h3-8H,9,15H2,1-2H3. The number of hydrogen-bond acceptors (Lipinski definition) is 3. The van der Waals surface area contributed by atoms with E-state index in [-0.39, 0.29) is 5.91 Å². The third kappa shape index (κ3) is 2.71. The van der Waals surface area contributed by atoms with Crippen LogP contribution in [-0.2, 0) is 6.54 Å². The number of benzene rings is 1. The first-order valence-electron chi connectivity index (χ1n) is 5.72. The van der Waals surface area contributed by atoms with Gasteiger partial charge in [0.1, 0.15) is 4.88 Å². The molecule has 2 aromatic rings. The lowest BCUT2D eigenvalue weighted by atomic mass is 10.1. The molecule has 3 nitrogen and oxygen atoms in total. The van der Waals surface area contributed by atoms with Gasteiger partial charge in [0.15, 0.2) is 0 Å². The first-order chi connectivity index (χ1) is 8.58. The van der Waals surface area contributed by atoms with Crippen LogP contribution in [0, 0.1) is 6.92 Å². The molecule has 0 saturated carbocycles. The number of nitrogens with zero attached hydrogens (tertiary/aromatic N) is 1. The van der Waals surface area contributed by atoms with Crippen molar-refractivity contribution in [2.24, 2.45) is 0 Å². The fourth-order valence-corrected chi connectivity index (χ4v) is 2.63. The number of carbonyl (C=O) groups excluding carboxylic acids is 1. The molecule has 0 aliphatic carbocycles. The summed E-state index contributed by atoms with van der Waals surface area (Å²) in [5, 5.41) is 1.84. The summed E-state index contributed by atoms with van der Waals surface area (Å²) in [6.45, 7) is 2.64. The predicted molar refractivity (Wildman–Crippen MR) is 75.7 cm³/mol. The average Bonchev–Trinajstić information content (AvgIpc) is 2.74. The van der Waals surface area contributed by atoms with E-state index in [1.807, 2.05) is 30.5 Å². The summed E-state index contributed by atoms with van der Waals surface area (Å²) < 4.78 is 0. The number of carbonyl (C=O) groups is 1. The maximum Gasteiger partial charge on any atom is 0.266 e. The Bertz CT molecular complexity index is 562. The summed E-state index contributed by atoms with van der Waals surface area (Å²) in [5.74, 6) is -0.0241. The number of thiophene rings is 1. The van der Waals surface area contributed by atoms with Crippen molar-refractivity contribution in [1.29, 1.82) is 0 Å². The van der Waals surface area contributed by atoms with Gasteiger partial charge in [-0.15, -0.1) is 11.3 Å². The van der Waals surface area contributed by atoms with Gasteiger partial charge < -0.3 is 10.6 Å². The van der Waals surface area contributed by atoms with Crippen LogP contribution in [0.3, 0.4) is 0 Å². The number of nitrogens with two attached hydrogens (primary N) is 1. The molecule has 0 saturated heterocycles. The molecule has 0 bridgehead atoms. The van der Waals surface area contributed by atoms with Crippen LogP contribution in [0.1, 0.15) is 20.8 Å². The van der Waals surface area contributed by atoms with Crippen LogP contribution in [0.4, 0.5) is 5.69 Å². The van der Waals surface area contributed by atoms with E-state index in [2.05, 4.69) is 6.07 Å². The highest BCUT2D eigenvalue weighted by Gasteiger charge is 2.16. The molecule has 4 heteroatoms. The monoisotopic (exact) mass is 260 g/mol. The largest absolute Gasteiger partial charge is 0.397 e. The van der Waals surface area contributed by atoms with Gasteiger partial charge >= 0.3 is 0 Å². The Kier molecular flexibility index (Phi) is 3.67. The van der Waals surface area contributed by atoms with Crippen LogP contribution in [0.15, 0.2) is 35.7 Å². The summed E-state index contributed by atoms with van der Waals surface area (Å²) >= 11 is 1.38. The second-order valence-corrected chi connectivity index (χ2v) is 5.27. The van der Waals surface area contributed by atoms with E-state index in [4.69, 9.17) is 5.73 Å². The van der Waals surface area contributed by atoms with Crippen LogP contribution >= 0.6 is 11.3 Å². The number of anilines is 1. The summed E-state index contributed by atoms with van der Waals surface area (Å²) in [6.07, 6.45) is 0. The Hall–Kier alpha value is -1.81. The van der Waals surface area contributed by atoms with Gasteiger partial charge in [-0.2, -0.15) is 0 Å². The van der Waals surface area contributed by atoms with E-state index in [1.165, 1.54) is 16.9 Å². The topological polar surface area (TPSA) is 46.3 Å². The summed E-state index contributed by atoms with van der Waals surface area (Å²) in [4.78, 5) is 14.5. The SMILES string of the molecule is Cc1cccc(CN(C)C(=O)c2sccc2N)c1. The fourth-order valence-electron chi connectivity index (χ4n) is 1.82. The van der Waals surface area contributed by atoms with Crippen LogP contribution < -0.4 is 5.73 Å². The van der Waals surface area contributed by atoms with Gasteiger partial charge in [-0.25, -0.2) is 0 Å². The minimum absolute atomic E-state index is 0.0241. The predicted octanol–water partition coefficient (Wildman–Crippen LogP) is 2.91. The molecular formula is C14H16N2OS. The normalized spacial score (nSPS) is 10.3. The molecule has 0 atom stereocenters. The van der Waals surface area contributed by atoms with Crippen LogP contribution in [0.5, 0.6) is 0 Å². The maximum atomic E-state index is 12.2. The highest BCUT2D eigenvalue weighted by atomic mass is 32.1. The quantitative estimate of drug-likeness (QED) is 0.922. The Labute approximate surface area is 111 Å². The van der Waals surface area contributed by atoms with Crippen molar-refractivity contribution >= 4 is 22.9 Å². The van der Waals surface area contributed by atoms with Crippen LogP contribution in [0.25, 0.3) is 0 Å². The Morgan fingerprint density at radius 3 is 2.78 bits per heavy atom. The van der Waals surface area contributed by atoms with Crippen molar-refractivity contribution in [2.75, 3.05) is 12.8 Å². The Morgan fingerprint density at radius 1 is 1.39 bits per heavy atom. The van der Waals surface area contributed by atoms with Gasteiger partial charge in [0.2, 0.25) is 0 Å². The van der Waals surface area contributed by atoms with Crippen LogP contribution in [0.2, 0.25) is 0 Å². The minimum Gasteiger partial charge on any atom is -0.397 e. The second kappa shape index (κ2) is 5.23. The number of aryl methyl sites for hydroxylation is 1. The Morgan fingerprint density at radius 2 is 2.17 bits per heavy atom. The molecule has 18 heavy (non-hydrogen) atoms. The van der Waals surface area contributed by atoms with Crippen molar-refractivity contribution < 1.29 is 4.79 Å². The summed E-state index contributed by atoms with van der Waals surface area (Å²) in [7, 11) is 1.80. The number of hydrogen-bond donors (Lipinski definition) is 1. The number of rotatable bonds is 3. The summed E-state index contributed by atoms with van der Waals surface area (Å²) in [6, 6.07) is 9.92. The fraction of sp³-hybridized carbons (Fsp3) is 0.214. The lowest BCUT2D eigenvalue weighted by Gasteiger charge is -2.17. The first kappa shape index (κ1) is 12.6. The molecule has 1 aromatic heterocycles. The van der Waals surface area contributed by atoms with E-state index in [9.17, 15) is 4.79 Å². The van der Waals surface area contributed by atoms with Crippen molar-refractivity contribution in [1.82, 2.24) is 4.90 Å². The molecule has 1 aromatic carbocycles. The maximum absolute atomic E-state index is 12.2. The van der Waals surface area contributed by atoms with Crippen molar-refractivity contribution in [3.8, 4) is 0 Å². The molecule has 2 N–H and O–H groups in total. The number of amides is 1. The van der Waals surface area contributed by atoms with Gasteiger partial charge in [0, 0.05) is 13.6 Å². The average molecular weight is 260 g/mol. The van der Waals surface area contributed by atoms with E-state index in [0.717, 1.165) is 5.56 Å². The molecule has 2 rings (SSSR count). The molecule has 0 fully saturated rings. The molecule has 0 aliphatic rings. The third-order valence-electron chi connectivity index (χ3n) is 2.74. The lowest BCUT2D eigenvalue weighted by Crippen LogP contribution is -2.26. The smallest absolute Gasteiger partial charge is 0.266 e. The molecule has 0 spiro atoms. The zero-order valence-corrected chi connectivity index (χ0v) is 11.3. The minimum atomic E-state index is -0.0241.